The highest BCUT2D eigenvalue weighted by molar-refractivity contribution is 7.98. The molecule has 0 aliphatic rings. The zero-order valence-corrected chi connectivity index (χ0v) is 20.5. The van der Waals surface area contributed by atoms with Gasteiger partial charge in [-0.15, -0.1) is 0 Å². The number of primary amides is 1. The van der Waals surface area contributed by atoms with Crippen molar-refractivity contribution in [3.8, 4) is 0 Å². The molecule has 0 bridgehead atoms. The second kappa shape index (κ2) is 15.8. The SMILES string of the molecule is CSCCC(NC(=O)C(CC(N)=O)NC(=O)C(CCSC)NC(=O)C(N)C(C)C)C(=O)O. The first-order valence-corrected chi connectivity index (χ1v) is 12.9. The third kappa shape index (κ3) is 11.6. The van der Waals surface area contributed by atoms with Crippen molar-refractivity contribution in [2.24, 2.45) is 17.4 Å². The highest BCUT2D eigenvalue weighted by Gasteiger charge is 2.31. The second-order valence-corrected chi connectivity index (χ2v) is 9.50. The van der Waals surface area contributed by atoms with Crippen LogP contribution in [0.3, 0.4) is 0 Å². The van der Waals surface area contributed by atoms with Gasteiger partial charge in [0.05, 0.1) is 12.5 Å². The van der Waals surface area contributed by atoms with Crippen molar-refractivity contribution in [3.05, 3.63) is 0 Å². The molecule has 0 fully saturated rings. The van der Waals surface area contributed by atoms with Crippen molar-refractivity contribution in [2.75, 3.05) is 24.0 Å². The lowest BCUT2D eigenvalue weighted by atomic mass is 10.0. The molecule has 0 aromatic rings. The fourth-order valence-electron chi connectivity index (χ4n) is 2.52. The molecule has 11 nitrogen and oxygen atoms in total. The molecule has 0 rings (SSSR count). The molecule has 184 valence electrons. The average Bonchev–Trinajstić information content (AvgIpc) is 2.71. The normalized spacial score (nSPS) is 14.7. The molecule has 4 atom stereocenters. The summed E-state index contributed by atoms with van der Waals surface area (Å²) in [5, 5.41) is 16.6. The number of hydrogen-bond donors (Lipinski definition) is 6. The van der Waals surface area contributed by atoms with Gasteiger partial charge in [0.15, 0.2) is 0 Å². The summed E-state index contributed by atoms with van der Waals surface area (Å²) in [6.07, 6.45) is 3.53. The van der Waals surface area contributed by atoms with Crippen LogP contribution in [-0.2, 0) is 24.0 Å². The summed E-state index contributed by atoms with van der Waals surface area (Å²) in [5.41, 5.74) is 11.1. The van der Waals surface area contributed by atoms with Gasteiger partial charge in [0.2, 0.25) is 23.6 Å². The van der Waals surface area contributed by atoms with Crippen molar-refractivity contribution in [2.45, 2.75) is 57.3 Å². The van der Waals surface area contributed by atoms with E-state index in [0.29, 0.717) is 11.5 Å². The molecule has 0 saturated heterocycles. The first-order chi connectivity index (χ1) is 14.9. The zero-order valence-electron chi connectivity index (χ0n) is 18.9. The molecule has 0 aromatic heterocycles. The Morgan fingerprint density at radius 2 is 1.25 bits per heavy atom. The number of aliphatic carboxylic acids is 1. The number of carbonyl (C=O) groups excluding carboxylic acids is 4. The molecule has 0 aliphatic carbocycles. The summed E-state index contributed by atoms with van der Waals surface area (Å²) in [5.74, 6) is -3.26. The Bertz CT molecular complexity index is 664. The minimum Gasteiger partial charge on any atom is -0.480 e. The predicted octanol–water partition coefficient (Wildman–Crippen LogP) is -1.11. The van der Waals surface area contributed by atoms with E-state index in [1.54, 1.807) is 20.1 Å². The highest BCUT2D eigenvalue weighted by atomic mass is 32.2. The summed E-state index contributed by atoms with van der Waals surface area (Å²) >= 11 is 2.88. The molecular formula is C19H35N5O6S2. The Hall–Kier alpha value is -1.99. The van der Waals surface area contributed by atoms with Crippen molar-refractivity contribution < 1.29 is 29.1 Å². The van der Waals surface area contributed by atoms with Crippen LogP contribution in [0.15, 0.2) is 0 Å². The van der Waals surface area contributed by atoms with Gasteiger partial charge in [0.25, 0.3) is 0 Å². The van der Waals surface area contributed by atoms with Crippen LogP contribution >= 0.6 is 23.5 Å². The largest absolute Gasteiger partial charge is 0.480 e. The maximum atomic E-state index is 12.8. The number of nitrogens with one attached hydrogen (secondary N) is 3. The monoisotopic (exact) mass is 493 g/mol. The van der Waals surface area contributed by atoms with Crippen LogP contribution in [0, 0.1) is 5.92 Å². The second-order valence-electron chi connectivity index (χ2n) is 7.52. The minimum absolute atomic E-state index is 0.151. The highest BCUT2D eigenvalue weighted by Crippen LogP contribution is 2.06. The van der Waals surface area contributed by atoms with Crippen LogP contribution in [0.4, 0.5) is 0 Å². The van der Waals surface area contributed by atoms with Crippen molar-refractivity contribution in [3.63, 3.8) is 0 Å². The van der Waals surface area contributed by atoms with E-state index in [1.807, 2.05) is 6.26 Å². The van der Waals surface area contributed by atoms with Crippen LogP contribution in [0.5, 0.6) is 0 Å². The summed E-state index contributed by atoms with van der Waals surface area (Å²) in [4.78, 5) is 60.7. The topological polar surface area (TPSA) is 194 Å². The average molecular weight is 494 g/mol. The number of carboxylic acids is 1. The maximum absolute atomic E-state index is 12.8. The van der Waals surface area contributed by atoms with Crippen LogP contribution in [0.2, 0.25) is 0 Å². The van der Waals surface area contributed by atoms with E-state index in [-0.39, 0.29) is 18.8 Å². The van der Waals surface area contributed by atoms with Gasteiger partial charge in [-0.25, -0.2) is 4.79 Å². The molecule has 13 heteroatoms. The van der Waals surface area contributed by atoms with Crippen LogP contribution in [-0.4, -0.2) is 82.9 Å². The lowest BCUT2D eigenvalue weighted by Gasteiger charge is -2.25. The van der Waals surface area contributed by atoms with Gasteiger partial charge in [-0.1, -0.05) is 13.8 Å². The fraction of sp³-hybridized carbons (Fsp3) is 0.737. The van der Waals surface area contributed by atoms with Gasteiger partial charge >= 0.3 is 5.97 Å². The van der Waals surface area contributed by atoms with E-state index in [1.165, 1.54) is 23.5 Å². The Morgan fingerprint density at radius 3 is 1.69 bits per heavy atom. The van der Waals surface area contributed by atoms with Crippen LogP contribution in [0.1, 0.15) is 33.1 Å². The molecule has 0 saturated carbocycles. The minimum atomic E-state index is -1.39. The number of amides is 4. The quantitative estimate of drug-likeness (QED) is 0.155. The molecule has 0 aliphatic heterocycles. The first kappa shape index (κ1) is 30.0. The lowest BCUT2D eigenvalue weighted by molar-refractivity contribution is -0.142. The first-order valence-electron chi connectivity index (χ1n) is 10.1. The van der Waals surface area contributed by atoms with E-state index >= 15 is 0 Å². The summed E-state index contributed by atoms with van der Waals surface area (Å²) in [6, 6.07) is -4.38. The number of thioether (sulfide) groups is 2. The van der Waals surface area contributed by atoms with Gasteiger partial charge in [-0.2, -0.15) is 23.5 Å². The summed E-state index contributed by atoms with van der Waals surface area (Å²) in [7, 11) is 0. The third-order valence-electron chi connectivity index (χ3n) is 4.53. The lowest BCUT2D eigenvalue weighted by Crippen LogP contribution is -2.58. The van der Waals surface area contributed by atoms with Gasteiger partial charge in [-0.05, 0) is 42.8 Å². The summed E-state index contributed by atoms with van der Waals surface area (Å²) < 4.78 is 0. The zero-order chi connectivity index (χ0) is 24.8. The van der Waals surface area contributed by atoms with Crippen molar-refractivity contribution in [1.82, 2.24) is 16.0 Å². The van der Waals surface area contributed by atoms with Gasteiger partial charge in [0, 0.05) is 0 Å². The fourth-order valence-corrected chi connectivity index (χ4v) is 3.47. The standard InChI is InChI=1S/C19H35N5O6S2/c1-10(2)15(21)18(28)22-11(5-7-31-3)16(26)24-13(9-14(20)25)17(27)23-12(19(29)30)6-8-32-4/h10-13,15H,5-9,21H2,1-4H3,(H2,20,25)(H,22,28)(H,23,27)(H,24,26)(H,29,30). The number of rotatable bonds is 16. The van der Waals surface area contributed by atoms with Gasteiger partial charge < -0.3 is 32.5 Å². The molecule has 0 aromatic carbocycles. The molecular weight excluding hydrogens is 458 g/mol. The Balaban J connectivity index is 5.44. The Morgan fingerprint density at radius 1 is 0.812 bits per heavy atom. The molecule has 0 spiro atoms. The molecule has 0 radical (unpaired) electrons. The van der Waals surface area contributed by atoms with Crippen LogP contribution in [0.25, 0.3) is 0 Å². The van der Waals surface area contributed by atoms with Crippen LogP contribution < -0.4 is 27.4 Å². The summed E-state index contributed by atoms with van der Waals surface area (Å²) in [6.45, 7) is 3.54. The van der Waals surface area contributed by atoms with Crippen molar-refractivity contribution in [1.29, 1.82) is 0 Å². The number of carboxylic acid groups (broad SMARTS) is 1. The molecule has 0 heterocycles. The van der Waals surface area contributed by atoms with E-state index in [9.17, 15) is 29.1 Å². The number of nitrogens with two attached hydrogens (primary N) is 2. The van der Waals surface area contributed by atoms with E-state index < -0.39 is 60.2 Å². The maximum Gasteiger partial charge on any atom is 0.326 e. The van der Waals surface area contributed by atoms with Crippen molar-refractivity contribution >= 4 is 53.1 Å². The van der Waals surface area contributed by atoms with E-state index in [2.05, 4.69) is 16.0 Å². The molecule has 32 heavy (non-hydrogen) atoms. The van der Waals surface area contributed by atoms with E-state index in [0.717, 1.165) is 0 Å². The number of carbonyl (C=O) groups is 5. The Kier molecular flexibility index (Phi) is 14.8. The third-order valence-corrected chi connectivity index (χ3v) is 5.82. The smallest absolute Gasteiger partial charge is 0.326 e. The van der Waals surface area contributed by atoms with Gasteiger partial charge in [-0.3, -0.25) is 19.2 Å². The number of hydrogen-bond acceptors (Lipinski definition) is 8. The van der Waals surface area contributed by atoms with Gasteiger partial charge in [0.1, 0.15) is 18.1 Å². The predicted molar refractivity (Wildman–Crippen MR) is 126 cm³/mol. The molecule has 4 unspecified atom stereocenters. The van der Waals surface area contributed by atoms with E-state index in [4.69, 9.17) is 11.5 Å². The molecule has 4 amide bonds. The molecule has 8 N–H and O–H groups in total. The Labute approximate surface area is 196 Å².